The summed E-state index contributed by atoms with van der Waals surface area (Å²) in [7, 11) is 0. The van der Waals surface area contributed by atoms with Gasteiger partial charge in [-0.25, -0.2) is 0 Å². The van der Waals surface area contributed by atoms with Gasteiger partial charge in [0.15, 0.2) is 0 Å². The zero-order chi connectivity index (χ0) is 10.6. The third kappa shape index (κ3) is 3.58. The molecule has 1 fully saturated rings. The highest BCUT2D eigenvalue weighted by atomic mass is 16.3. The van der Waals surface area contributed by atoms with Gasteiger partial charge >= 0.3 is 0 Å². The van der Waals surface area contributed by atoms with Crippen LogP contribution in [0.4, 0.5) is 0 Å². The Balaban J connectivity index is 2.15. The lowest BCUT2D eigenvalue weighted by atomic mass is 9.95. The van der Waals surface area contributed by atoms with E-state index in [0.717, 1.165) is 12.5 Å². The van der Waals surface area contributed by atoms with Crippen molar-refractivity contribution >= 4 is 0 Å². The third-order valence-electron chi connectivity index (χ3n) is 3.53. The number of hydrogen-bond donors (Lipinski definition) is 2. The Labute approximate surface area is 87.9 Å². The maximum atomic E-state index is 9.39. The van der Waals surface area contributed by atoms with Crippen molar-refractivity contribution < 1.29 is 5.11 Å². The van der Waals surface area contributed by atoms with E-state index in [1.165, 1.54) is 32.1 Å². The van der Waals surface area contributed by atoms with E-state index in [-0.39, 0.29) is 6.10 Å². The van der Waals surface area contributed by atoms with Gasteiger partial charge in [-0.15, -0.1) is 0 Å². The first-order valence-corrected chi connectivity index (χ1v) is 6.07. The minimum Gasteiger partial charge on any atom is -0.393 e. The van der Waals surface area contributed by atoms with Gasteiger partial charge in [-0.3, -0.25) is 0 Å². The van der Waals surface area contributed by atoms with Crippen LogP contribution >= 0.6 is 0 Å². The molecule has 84 valence electrons. The van der Waals surface area contributed by atoms with Crippen molar-refractivity contribution in [1.82, 2.24) is 0 Å². The Kier molecular flexibility index (Phi) is 4.90. The molecule has 3 N–H and O–H groups in total. The van der Waals surface area contributed by atoms with Gasteiger partial charge in [-0.05, 0) is 50.5 Å². The molecule has 4 atom stereocenters. The smallest absolute Gasteiger partial charge is 0.0543 e. The predicted molar refractivity (Wildman–Crippen MR) is 60.0 cm³/mol. The van der Waals surface area contributed by atoms with E-state index in [9.17, 15) is 5.11 Å². The fraction of sp³-hybridized carbons (Fsp3) is 1.00. The second-order valence-electron chi connectivity index (χ2n) is 4.88. The molecule has 2 heteroatoms. The maximum absolute atomic E-state index is 9.39. The summed E-state index contributed by atoms with van der Waals surface area (Å²) in [6.45, 7) is 4.96. The van der Waals surface area contributed by atoms with Crippen LogP contribution in [0.3, 0.4) is 0 Å². The second kappa shape index (κ2) is 5.72. The van der Waals surface area contributed by atoms with Crippen LogP contribution in [-0.4, -0.2) is 17.8 Å². The van der Waals surface area contributed by atoms with Gasteiger partial charge in [0.1, 0.15) is 0 Å². The normalized spacial score (nSPS) is 30.0. The number of hydrogen-bond acceptors (Lipinski definition) is 2. The number of rotatable bonds is 7. The fourth-order valence-corrected chi connectivity index (χ4v) is 2.39. The van der Waals surface area contributed by atoms with Gasteiger partial charge in [-0.2, -0.15) is 0 Å². The Morgan fingerprint density at radius 3 is 2.64 bits per heavy atom. The molecule has 0 aromatic carbocycles. The summed E-state index contributed by atoms with van der Waals surface area (Å²) in [6.07, 6.45) is 6.20. The number of aliphatic hydroxyl groups excluding tert-OH is 1. The molecule has 0 saturated heterocycles. The molecule has 0 aliphatic heterocycles. The molecule has 1 saturated carbocycles. The molecular weight excluding hydrogens is 174 g/mol. The van der Waals surface area contributed by atoms with Gasteiger partial charge in [0.2, 0.25) is 0 Å². The maximum Gasteiger partial charge on any atom is 0.0543 e. The van der Waals surface area contributed by atoms with Gasteiger partial charge in [0.25, 0.3) is 0 Å². The van der Waals surface area contributed by atoms with Gasteiger partial charge < -0.3 is 10.8 Å². The largest absolute Gasteiger partial charge is 0.393 e. The molecule has 0 radical (unpaired) electrons. The van der Waals surface area contributed by atoms with Crippen molar-refractivity contribution in [1.29, 1.82) is 0 Å². The van der Waals surface area contributed by atoms with Crippen LogP contribution in [0.25, 0.3) is 0 Å². The second-order valence-corrected chi connectivity index (χ2v) is 4.88. The Morgan fingerprint density at radius 1 is 1.50 bits per heavy atom. The Bertz CT molecular complexity index is 158. The van der Waals surface area contributed by atoms with E-state index in [1.54, 1.807) is 0 Å². The zero-order valence-electron chi connectivity index (χ0n) is 9.58. The fourth-order valence-electron chi connectivity index (χ4n) is 2.39. The first kappa shape index (κ1) is 12.0. The van der Waals surface area contributed by atoms with E-state index in [4.69, 9.17) is 5.73 Å². The van der Waals surface area contributed by atoms with Crippen LogP contribution in [0, 0.1) is 17.8 Å². The molecule has 1 aliphatic rings. The van der Waals surface area contributed by atoms with Gasteiger partial charge in [-0.1, -0.05) is 19.8 Å². The summed E-state index contributed by atoms with van der Waals surface area (Å²) < 4.78 is 0. The zero-order valence-corrected chi connectivity index (χ0v) is 9.58. The van der Waals surface area contributed by atoms with E-state index in [2.05, 4.69) is 6.92 Å². The SMILES string of the molecule is CCCCC(CN)CC1CC1[C@@H](C)O. The van der Waals surface area contributed by atoms with E-state index >= 15 is 0 Å². The highest BCUT2D eigenvalue weighted by Gasteiger charge is 2.40. The van der Waals surface area contributed by atoms with E-state index < -0.39 is 0 Å². The lowest BCUT2D eigenvalue weighted by molar-refractivity contribution is 0.161. The van der Waals surface area contributed by atoms with Gasteiger partial charge in [0, 0.05) is 0 Å². The molecule has 14 heavy (non-hydrogen) atoms. The average molecular weight is 199 g/mol. The minimum absolute atomic E-state index is 0.107. The van der Waals surface area contributed by atoms with Crippen LogP contribution < -0.4 is 5.73 Å². The van der Waals surface area contributed by atoms with E-state index in [0.29, 0.717) is 11.8 Å². The Hall–Kier alpha value is -0.0800. The van der Waals surface area contributed by atoms with Crippen molar-refractivity contribution in [2.75, 3.05) is 6.54 Å². The van der Waals surface area contributed by atoms with Crippen molar-refractivity contribution in [2.45, 2.75) is 52.1 Å². The molecular formula is C12H25NO. The van der Waals surface area contributed by atoms with Crippen LogP contribution in [-0.2, 0) is 0 Å². The summed E-state index contributed by atoms with van der Waals surface area (Å²) >= 11 is 0. The van der Waals surface area contributed by atoms with E-state index in [1.807, 2.05) is 6.92 Å². The highest BCUT2D eigenvalue weighted by molar-refractivity contribution is 4.91. The molecule has 2 nitrogen and oxygen atoms in total. The van der Waals surface area contributed by atoms with Crippen LogP contribution in [0.15, 0.2) is 0 Å². The predicted octanol–water partition coefficient (Wildman–Crippen LogP) is 2.16. The minimum atomic E-state index is -0.107. The molecule has 0 amide bonds. The third-order valence-corrected chi connectivity index (χ3v) is 3.53. The van der Waals surface area contributed by atoms with Crippen molar-refractivity contribution in [2.24, 2.45) is 23.5 Å². The van der Waals surface area contributed by atoms with Crippen LogP contribution in [0.1, 0.15) is 46.0 Å². The van der Waals surface area contributed by atoms with Crippen LogP contribution in [0.5, 0.6) is 0 Å². The number of nitrogens with two attached hydrogens (primary N) is 1. The summed E-state index contributed by atoms with van der Waals surface area (Å²) in [4.78, 5) is 0. The number of aliphatic hydroxyl groups is 1. The molecule has 1 aliphatic carbocycles. The first-order chi connectivity index (χ1) is 6.69. The summed E-state index contributed by atoms with van der Waals surface area (Å²) in [5.74, 6) is 2.04. The summed E-state index contributed by atoms with van der Waals surface area (Å²) in [5, 5.41) is 9.39. The van der Waals surface area contributed by atoms with Crippen molar-refractivity contribution in [3.05, 3.63) is 0 Å². The molecule has 0 aromatic rings. The lowest BCUT2D eigenvalue weighted by Crippen LogP contribution is -2.16. The van der Waals surface area contributed by atoms with Gasteiger partial charge in [0.05, 0.1) is 6.10 Å². The molecule has 0 aromatic heterocycles. The van der Waals surface area contributed by atoms with Crippen molar-refractivity contribution in [3.8, 4) is 0 Å². The Morgan fingerprint density at radius 2 is 2.21 bits per heavy atom. The molecule has 0 bridgehead atoms. The van der Waals surface area contributed by atoms with Crippen molar-refractivity contribution in [3.63, 3.8) is 0 Å². The standard InChI is InChI=1S/C12H25NO/c1-3-4-5-10(8-13)6-11-7-12(11)9(2)14/h9-12,14H,3-8,13H2,1-2H3/t9-,10?,11?,12?/m1/s1. The first-order valence-electron chi connectivity index (χ1n) is 6.07. The summed E-state index contributed by atoms with van der Waals surface area (Å²) in [6, 6.07) is 0. The average Bonchev–Trinajstić information content (AvgIpc) is 2.91. The highest BCUT2D eigenvalue weighted by Crippen LogP contribution is 2.45. The molecule has 3 unspecified atom stereocenters. The summed E-state index contributed by atoms with van der Waals surface area (Å²) in [5.41, 5.74) is 5.75. The lowest BCUT2D eigenvalue weighted by Gasteiger charge is -2.14. The quantitative estimate of drug-likeness (QED) is 0.660. The topological polar surface area (TPSA) is 46.2 Å². The number of unbranched alkanes of at least 4 members (excludes halogenated alkanes) is 1. The van der Waals surface area contributed by atoms with Crippen LogP contribution in [0.2, 0.25) is 0 Å². The molecule has 1 rings (SSSR count). The molecule has 0 spiro atoms. The monoisotopic (exact) mass is 199 g/mol. The molecule has 0 heterocycles.